The first-order valence-corrected chi connectivity index (χ1v) is 7.81. The number of aromatic nitrogens is 3. The van der Waals surface area contributed by atoms with Crippen LogP contribution in [0.25, 0.3) is 11.0 Å². The molecule has 0 atom stereocenters. The number of pyridine rings is 1. The van der Waals surface area contributed by atoms with Crippen LogP contribution in [0.5, 0.6) is 0 Å². The summed E-state index contributed by atoms with van der Waals surface area (Å²) in [7, 11) is 1.80. The summed E-state index contributed by atoms with van der Waals surface area (Å²) in [5.74, 6) is -0.877. The van der Waals surface area contributed by atoms with E-state index in [0.29, 0.717) is 11.2 Å². The highest BCUT2D eigenvalue weighted by molar-refractivity contribution is 5.98. The van der Waals surface area contributed by atoms with Crippen LogP contribution in [0.4, 0.5) is 0 Å². The number of nitrogens with zero attached hydrogens (tertiary/aromatic N) is 3. The van der Waals surface area contributed by atoms with Crippen molar-refractivity contribution in [1.29, 1.82) is 0 Å². The maximum atomic E-state index is 12.2. The number of carbonyl (C=O) groups excluding carboxylic acids is 2. The Labute approximate surface area is 144 Å². The van der Waals surface area contributed by atoms with Crippen LogP contribution in [0.2, 0.25) is 0 Å². The highest BCUT2D eigenvalue weighted by atomic mass is 16.5. The fourth-order valence-electron chi connectivity index (χ4n) is 2.48. The SMILES string of the molecule is Cc1nn(C)c2ncc(C(=O)NCC(=O)OCc3ccccc3)cc12. The Morgan fingerprint density at radius 1 is 1.24 bits per heavy atom. The van der Waals surface area contributed by atoms with Crippen molar-refractivity contribution in [2.24, 2.45) is 7.05 Å². The molecule has 25 heavy (non-hydrogen) atoms. The van der Waals surface area contributed by atoms with Gasteiger partial charge in [-0.3, -0.25) is 14.3 Å². The van der Waals surface area contributed by atoms with Crippen LogP contribution in [0.3, 0.4) is 0 Å². The molecule has 2 heterocycles. The highest BCUT2D eigenvalue weighted by Crippen LogP contribution is 2.16. The largest absolute Gasteiger partial charge is 0.460 e. The fraction of sp³-hybridized carbons (Fsp3) is 0.222. The van der Waals surface area contributed by atoms with E-state index in [0.717, 1.165) is 16.6 Å². The summed E-state index contributed by atoms with van der Waals surface area (Å²) in [5, 5.41) is 7.62. The quantitative estimate of drug-likeness (QED) is 0.716. The van der Waals surface area contributed by atoms with Gasteiger partial charge in [0.1, 0.15) is 13.2 Å². The fourth-order valence-corrected chi connectivity index (χ4v) is 2.48. The number of nitrogens with one attached hydrogen (secondary N) is 1. The van der Waals surface area contributed by atoms with E-state index in [1.165, 1.54) is 6.20 Å². The summed E-state index contributed by atoms with van der Waals surface area (Å²) in [6.07, 6.45) is 1.47. The Morgan fingerprint density at radius 3 is 2.76 bits per heavy atom. The maximum absolute atomic E-state index is 12.2. The molecule has 3 rings (SSSR count). The normalized spacial score (nSPS) is 10.6. The van der Waals surface area contributed by atoms with Crippen molar-refractivity contribution in [2.45, 2.75) is 13.5 Å². The zero-order valence-electron chi connectivity index (χ0n) is 14.0. The van der Waals surface area contributed by atoms with Gasteiger partial charge in [0, 0.05) is 18.6 Å². The minimum atomic E-state index is -0.496. The summed E-state index contributed by atoms with van der Waals surface area (Å²) >= 11 is 0. The van der Waals surface area contributed by atoms with Crippen molar-refractivity contribution >= 4 is 22.9 Å². The van der Waals surface area contributed by atoms with Crippen molar-refractivity contribution in [2.75, 3.05) is 6.54 Å². The summed E-state index contributed by atoms with van der Waals surface area (Å²) in [4.78, 5) is 28.2. The molecule has 0 bridgehead atoms. The molecule has 0 fully saturated rings. The first-order chi connectivity index (χ1) is 12.0. The second kappa shape index (κ2) is 7.12. The van der Waals surface area contributed by atoms with Crippen molar-refractivity contribution in [3.8, 4) is 0 Å². The van der Waals surface area contributed by atoms with Crippen LogP contribution in [0, 0.1) is 6.92 Å². The predicted molar refractivity (Wildman–Crippen MR) is 91.8 cm³/mol. The summed E-state index contributed by atoms with van der Waals surface area (Å²) in [6.45, 7) is 1.83. The highest BCUT2D eigenvalue weighted by Gasteiger charge is 2.13. The van der Waals surface area contributed by atoms with Crippen LogP contribution in [-0.2, 0) is 23.2 Å². The number of esters is 1. The second-order valence-electron chi connectivity index (χ2n) is 5.63. The minimum absolute atomic E-state index is 0.179. The summed E-state index contributed by atoms with van der Waals surface area (Å²) in [6, 6.07) is 11.1. The van der Waals surface area contributed by atoms with Crippen molar-refractivity contribution in [3.63, 3.8) is 0 Å². The molecule has 7 nitrogen and oxygen atoms in total. The van der Waals surface area contributed by atoms with E-state index >= 15 is 0 Å². The Kier molecular flexibility index (Phi) is 4.74. The summed E-state index contributed by atoms with van der Waals surface area (Å²) < 4.78 is 6.78. The number of carbonyl (C=O) groups is 2. The average Bonchev–Trinajstić information content (AvgIpc) is 2.92. The number of benzene rings is 1. The van der Waals surface area contributed by atoms with E-state index in [1.807, 2.05) is 37.3 Å². The lowest BCUT2D eigenvalue weighted by Gasteiger charge is -2.07. The van der Waals surface area contributed by atoms with Crippen LogP contribution in [0.15, 0.2) is 42.6 Å². The number of hydrogen-bond acceptors (Lipinski definition) is 5. The molecule has 0 aliphatic heterocycles. The Bertz CT molecular complexity index is 919. The number of aryl methyl sites for hydroxylation is 2. The molecule has 0 saturated carbocycles. The molecule has 0 radical (unpaired) electrons. The first-order valence-electron chi connectivity index (χ1n) is 7.81. The molecular formula is C18H18N4O3. The van der Waals surface area contributed by atoms with Crippen LogP contribution in [-0.4, -0.2) is 33.2 Å². The average molecular weight is 338 g/mol. The third-order valence-corrected chi connectivity index (χ3v) is 3.76. The monoisotopic (exact) mass is 338 g/mol. The standard InChI is InChI=1S/C18H18N4O3/c1-12-15-8-14(9-19-17(15)22(2)21-12)18(24)20-10-16(23)25-11-13-6-4-3-5-7-13/h3-9H,10-11H2,1-2H3,(H,20,24). The van der Waals surface area contributed by atoms with Crippen LogP contribution < -0.4 is 5.32 Å². The Hall–Kier alpha value is -3.22. The van der Waals surface area contributed by atoms with Gasteiger partial charge in [0.2, 0.25) is 0 Å². The van der Waals surface area contributed by atoms with E-state index in [1.54, 1.807) is 17.8 Å². The smallest absolute Gasteiger partial charge is 0.325 e. The van der Waals surface area contributed by atoms with E-state index in [-0.39, 0.29) is 19.1 Å². The number of hydrogen-bond donors (Lipinski definition) is 1. The third-order valence-electron chi connectivity index (χ3n) is 3.76. The molecule has 0 aliphatic rings. The van der Waals surface area contributed by atoms with Gasteiger partial charge in [-0.1, -0.05) is 30.3 Å². The second-order valence-corrected chi connectivity index (χ2v) is 5.63. The molecular weight excluding hydrogens is 320 g/mol. The molecule has 1 N–H and O–H groups in total. The Balaban J connectivity index is 1.57. The van der Waals surface area contributed by atoms with Gasteiger partial charge in [-0.25, -0.2) is 4.98 Å². The van der Waals surface area contributed by atoms with Gasteiger partial charge in [0.05, 0.1) is 11.3 Å². The minimum Gasteiger partial charge on any atom is -0.460 e. The molecule has 1 amide bonds. The van der Waals surface area contributed by atoms with E-state index in [9.17, 15) is 9.59 Å². The van der Waals surface area contributed by atoms with Gasteiger partial charge in [0.15, 0.2) is 5.65 Å². The summed E-state index contributed by atoms with van der Waals surface area (Å²) in [5.41, 5.74) is 2.77. The van der Waals surface area contributed by atoms with Gasteiger partial charge < -0.3 is 10.1 Å². The molecule has 1 aromatic carbocycles. The van der Waals surface area contributed by atoms with Gasteiger partial charge in [-0.15, -0.1) is 0 Å². The molecule has 0 unspecified atom stereocenters. The van der Waals surface area contributed by atoms with Gasteiger partial charge in [0.25, 0.3) is 5.91 Å². The van der Waals surface area contributed by atoms with E-state index in [2.05, 4.69) is 15.4 Å². The zero-order chi connectivity index (χ0) is 17.8. The number of amides is 1. The van der Waals surface area contributed by atoms with E-state index < -0.39 is 5.97 Å². The number of rotatable bonds is 5. The Morgan fingerprint density at radius 2 is 2.00 bits per heavy atom. The molecule has 7 heteroatoms. The third kappa shape index (κ3) is 3.82. The van der Waals surface area contributed by atoms with Crippen LogP contribution >= 0.6 is 0 Å². The van der Waals surface area contributed by atoms with Crippen molar-refractivity contribution < 1.29 is 14.3 Å². The molecule has 0 saturated heterocycles. The van der Waals surface area contributed by atoms with Gasteiger partial charge >= 0.3 is 5.97 Å². The zero-order valence-corrected chi connectivity index (χ0v) is 14.0. The lowest BCUT2D eigenvalue weighted by Crippen LogP contribution is -2.30. The lowest BCUT2D eigenvalue weighted by atomic mass is 10.2. The predicted octanol–water partition coefficient (Wildman–Crippen LogP) is 1.75. The van der Waals surface area contributed by atoms with E-state index in [4.69, 9.17) is 4.74 Å². The van der Waals surface area contributed by atoms with Crippen molar-refractivity contribution in [3.05, 3.63) is 59.4 Å². The topological polar surface area (TPSA) is 86.1 Å². The number of fused-ring (bicyclic) bond motifs is 1. The lowest BCUT2D eigenvalue weighted by molar-refractivity contribution is -0.143. The molecule has 2 aromatic heterocycles. The number of ether oxygens (including phenoxy) is 1. The first kappa shape index (κ1) is 16.6. The molecule has 0 spiro atoms. The molecule has 3 aromatic rings. The van der Waals surface area contributed by atoms with Crippen LogP contribution in [0.1, 0.15) is 21.6 Å². The van der Waals surface area contributed by atoms with Gasteiger partial charge in [-0.05, 0) is 18.6 Å². The molecule has 0 aliphatic carbocycles. The molecule has 128 valence electrons. The van der Waals surface area contributed by atoms with Gasteiger partial charge in [-0.2, -0.15) is 5.10 Å². The maximum Gasteiger partial charge on any atom is 0.325 e. The van der Waals surface area contributed by atoms with Crippen molar-refractivity contribution in [1.82, 2.24) is 20.1 Å².